The van der Waals surface area contributed by atoms with Crippen LogP contribution < -0.4 is 10.6 Å². The van der Waals surface area contributed by atoms with E-state index in [1.165, 1.54) is 23.7 Å². The van der Waals surface area contributed by atoms with Crippen molar-refractivity contribution >= 4 is 50.5 Å². The quantitative estimate of drug-likeness (QED) is 0.407. The maximum Gasteiger partial charge on any atom is 0.323 e. The van der Waals surface area contributed by atoms with Gasteiger partial charge >= 0.3 is 6.03 Å². The lowest BCUT2D eigenvalue weighted by Gasteiger charge is -2.30. The van der Waals surface area contributed by atoms with E-state index in [9.17, 15) is 18.3 Å². The second-order valence-corrected chi connectivity index (χ2v) is 10.9. The number of hydrazone groups is 1. The van der Waals surface area contributed by atoms with Crippen LogP contribution in [-0.4, -0.2) is 54.3 Å². The van der Waals surface area contributed by atoms with Crippen molar-refractivity contribution in [1.29, 1.82) is 0 Å². The minimum atomic E-state index is -3.45. The van der Waals surface area contributed by atoms with Gasteiger partial charge in [-0.3, -0.25) is 9.99 Å². The standard InChI is InChI=1S/C25H23Cl2N5O4S/c1-3-32-24(33)21(29-25(34)30-23-18(26)13-28-14-19(23)27)12-20(31-32)16-8-6-7-15(11-16)17-9-4-5-10-22(17)37(2,35)36/h4-14,24,33H,3H2,1-2H3,(H2,28,29,30,34). The Labute approximate surface area is 224 Å². The zero-order valence-corrected chi connectivity index (χ0v) is 22.1. The molecule has 192 valence electrons. The van der Waals surface area contributed by atoms with E-state index in [4.69, 9.17) is 23.2 Å². The van der Waals surface area contributed by atoms with Gasteiger partial charge in [0, 0.05) is 36.3 Å². The lowest BCUT2D eigenvalue weighted by Crippen LogP contribution is -2.43. The Morgan fingerprint density at radius 2 is 1.73 bits per heavy atom. The number of aliphatic hydroxyl groups excluding tert-OH is 1. The number of likely N-dealkylation sites (N-methyl/N-ethyl adjacent to an activating group) is 1. The third kappa shape index (κ3) is 5.94. The second kappa shape index (κ2) is 10.9. The SMILES string of the molecule is CCN1N=C(c2cccc(-c3ccccc3S(C)(=O)=O)c2)C=C(NC(=O)Nc2c(Cl)cncc2Cl)C1O. The van der Waals surface area contributed by atoms with E-state index in [-0.39, 0.29) is 26.3 Å². The highest BCUT2D eigenvalue weighted by molar-refractivity contribution is 7.90. The van der Waals surface area contributed by atoms with Crippen molar-refractivity contribution in [3.05, 3.63) is 88.3 Å². The number of anilines is 1. The summed E-state index contributed by atoms with van der Waals surface area (Å²) in [4.78, 5) is 16.8. The fraction of sp³-hybridized carbons (Fsp3) is 0.160. The fourth-order valence-corrected chi connectivity index (χ4v) is 5.14. The van der Waals surface area contributed by atoms with E-state index in [0.29, 0.717) is 28.9 Å². The number of carbonyl (C=O) groups excluding carboxylic acids is 1. The molecule has 0 saturated heterocycles. The van der Waals surface area contributed by atoms with Crippen LogP contribution in [0.4, 0.5) is 10.5 Å². The number of nitrogens with one attached hydrogen (secondary N) is 2. The first-order valence-electron chi connectivity index (χ1n) is 11.1. The van der Waals surface area contributed by atoms with Crippen molar-refractivity contribution in [1.82, 2.24) is 15.3 Å². The van der Waals surface area contributed by atoms with Gasteiger partial charge in [-0.15, -0.1) is 0 Å². The Kier molecular flexibility index (Phi) is 7.84. The Balaban J connectivity index is 1.67. The maximum atomic E-state index is 12.7. The van der Waals surface area contributed by atoms with Gasteiger partial charge in [0.25, 0.3) is 0 Å². The molecule has 2 aromatic carbocycles. The van der Waals surface area contributed by atoms with Crippen LogP contribution in [0.1, 0.15) is 12.5 Å². The monoisotopic (exact) mass is 559 g/mol. The predicted molar refractivity (Wildman–Crippen MR) is 144 cm³/mol. The second-order valence-electron chi connectivity index (χ2n) is 8.12. The summed E-state index contributed by atoms with van der Waals surface area (Å²) in [6.07, 6.45) is 4.19. The molecule has 0 spiro atoms. The van der Waals surface area contributed by atoms with Gasteiger partial charge in [0.15, 0.2) is 16.1 Å². The van der Waals surface area contributed by atoms with Crippen LogP contribution in [0.3, 0.4) is 0 Å². The molecular weight excluding hydrogens is 537 g/mol. The normalized spacial score (nSPS) is 15.6. The van der Waals surface area contributed by atoms with E-state index in [0.717, 1.165) is 0 Å². The van der Waals surface area contributed by atoms with Gasteiger partial charge in [-0.2, -0.15) is 5.10 Å². The fourth-order valence-electron chi connectivity index (χ4n) is 3.77. The number of amides is 2. The minimum absolute atomic E-state index is 0.157. The van der Waals surface area contributed by atoms with Crippen LogP contribution in [-0.2, 0) is 9.84 Å². The number of carbonyl (C=O) groups is 1. The van der Waals surface area contributed by atoms with Crippen LogP contribution in [0.2, 0.25) is 10.0 Å². The number of aromatic nitrogens is 1. The number of halogens is 2. The summed E-state index contributed by atoms with van der Waals surface area (Å²) in [6.45, 7) is 2.16. The summed E-state index contributed by atoms with van der Waals surface area (Å²) in [5.41, 5.74) is 2.71. The third-order valence-electron chi connectivity index (χ3n) is 5.52. The highest BCUT2D eigenvalue weighted by Gasteiger charge is 2.26. The van der Waals surface area contributed by atoms with Crippen LogP contribution in [0.5, 0.6) is 0 Å². The highest BCUT2D eigenvalue weighted by Crippen LogP contribution is 2.30. The van der Waals surface area contributed by atoms with Gasteiger partial charge in [0.2, 0.25) is 0 Å². The first kappa shape index (κ1) is 26.6. The number of rotatable bonds is 6. The number of aliphatic hydroxyl groups is 1. The number of hydrogen-bond donors (Lipinski definition) is 3. The molecule has 4 rings (SSSR count). The molecule has 3 N–H and O–H groups in total. The van der Waals surface area contributed by atoms with Crippen molar-refractivity contribution in [3.8, 4) is 11.1 Å². The van der Waals surface area contributed by atoms with Gasteiger partial charge in [0.1, 0.15) is 0 Å². The molecule has 2 amide bonds. The van der Waals surface area contributed by atoms with Crippen LogP contribution in [0.15, 0.2) is 82.7 Å². The van der Waals surface area contributed by atoms with Crippen molar-refractivity contribution in [2.75, 3.05) is 18.1 Å². The van der Waals surface area contributed by atoms with Crippen molar-refractivity contribution in [2.24, 2.45) is 5.10 Å². The molecule has 2 heterocycles. The molecule has 0 saturated carbocycles. The zero-order valence-electron chi connectivity index (χ0n) is 19.8. The number of hydrogen-bond acceptors (Lipinski definition) is 7. The minimum Gasteiger partial charge on any atom is -0.367 e. The summed E-state index contributed by atoms with van der Waals surface area (Å²) in [7, 11) is -3.45. The smallest absolute Gasteiger partial charge is 0.323 e. The number of sulfone groups is 1. The van der Waals surface area contributed by atoms with Crippen LogP contribution >= 0.6 is 23.2 Å². The third-order valence-corrected chi connectivity index (χ3v) is 7.25. The first-order valence-corrected chi connectivity index (χ1v) is 13.7. The molecule has 1 unspecified atom stereocenters. The number of nitrogens with zero attached hydrogens (tertiary/aromatic N) is 3. The molecule has 0 radical (unpaired) electrons. The van der Waals surface area contributed by atoms with E-state index in [1.807, 2.05) is 19.1 Å². The first-order chi connectivity index (χ1) is 17.6. The predicted octanol–water partition coefficient (Wildman–Crippen LogP) is 4.52. The highest BCUT2D eigenvalue weighted by atomic mass is 35.5. The van der Waals surface area contributed by atoms with E-state index < -0.39 is 22.1 Å². The molecule has 0 fully saturated rings. The van der Waals surface area contributed by atoms with Crippen LogP contribution in [0.25, 0.3) is 11.1 Å². The molecule has 0 bridgehead atoms. The van der Waals surface area contributed by atoms with Gasteiger partial charge in [-0.05, 0) is 30.7 Å². The molecule has 1 aliphatic heterocycles. The molecule has 1 aliphatic rings. The van der Waals surface area contributed by atoms with Gasteiger partial charge in [-0.25, -0.2) is 13.2 Å². The Morgan fingerprint density at radius 1 is 1.05 bits per heavy atom. The topological polar surface area (TPSA) is 124 Å². The van der Waals surface area contributed by atoms with Crippen molar-refractivity contribution in [2.45, 2.75) is 18.0 Å². The van der Waals surface area contributed by atoms with Gasteiger partial charge < -0.3 is 15.7 Å². The number of pyridine rings is 1. The lowest BCUT2D eigenvalue weighted by atomic mass is 10.00. The summed E-state index contributed by atoms with van der Waals surface area (Å²) < 4.78 is 24.6. The Morgan fingerprint density at radius 3 is 2.41 bits per heavy atom. The average molecular weight is 560 g/mol. The van der Waals surface area contributed by atoms with E-state index in [2.05, 4.69) is 20.7 Å². The van der Waals surface area contributed by atoms with E-state index >= 15 is 0 Å². The molecule has 0 aliphatic carbocycles. The molecule has 9 nitrogen and oxygen atoms in total. The molecule has 37 heavy (non-hydrogen) atoms. The number of urea groups is 1. The number of benzene rings is 2. The Hall–Kier alpha value is -3.44. The molecule has 3 aromatic rings. The largest absolute Gasteiger partial charge is 0.367 e. The van der Waals surface area contributed by atoms with Gasteiger partial charge in [-0.1, -0.05) is 59.6 Å². The zero-order chi connectivity index (χ0) is 26.7. The van der Waals surface area contributed by atoms with Gasteiger partial charge in [0.05, 0.1) is 32.0 Å². The average Bonchev–Trinajstić information content (AvgIpc) is 2.87. The molecule has 12 heteroatoms. The lowest BCUT2D eigenvalue weighted by molar-refractivity contribution is 0.0324. The number of allylic oxidation sites excluding steroid dienone is 1. The summed E-state index contributed by atoms with van der Waals surface area (Å²) in [5.74, 6) is 0. The molecule has 1 atom stereocenters. The van der Waals surface area contributed by atoms with Crippen LogP contribution in [0, 0.1) is 0 Å². The maximum absolute atomic E-state index is 12.7. The summed E-state index contributed by atoms with van der Waals surface area (Å²) in [6, 6.07) is 13.3. The molecular formula is C25H23Cl2N5O4S. The summed E-state index contributed by atoms with van der Waals surface area (Å²) in [5, 5.41) is 22.2. The van der Waals surface area contributed by atoms with Crippen molar-refractivity contribution in [3.63, 3.8) is 0 Å². The van der Waals surface area contributed by atoms with E-state index in [1.54, 1.807) is 42.5 Å². The molecule has 1 aromatic heterocycles. The Bertz CT molecular complexity index is 1500. The summed E-state index contributed by atoms with van der Waals surface area (Å²) >= 11 is 12.2. The van der Waals surface area contributed by atoms with Crippen molar-refractivity contribution < 1.29 is 18.3 Å².